The molecule has 21 heavy (non-hydrogen) atoms. The van der Waals surface area contributed by atoms with Gasteiger partial charge in [-0.1, -0.05) is 17.3 Å². The van der Waals surface area contributed by atoms with Gasteiger partial charge in [0.15, 0.2) is 0 Å². The maximum atomic E-state index is 5.74. The standard InChI is InChI=1S/C15H13N5O/c16-11-3-1-10(2-4-11)15(5-6-15)14-19-13(20-21-14)12-9-17-7-8-18-12/h1-4,7-9H,5-6,16H2. The van der Waals surface area contributed by atoms with Crippen molar-refractivity contribution in [3.05, 3.63) is 54.3 Å². The fraction of sp³-hybridized carbons (Fsp3) is 0.200. The zero-order chi connectivity index (χ0) is 14.3. The third-order valence-electron chi connectivity index (χ3n) is 3.84. The Morgan fingerprint density at radius 2 is 1.90 bits per heavy atom. The Morgan fingerprint density at radius 1 is 1.10 bits per heavy atom. The van der Waals surface area contributed by atoms with Crippen molar-refractivity contribution in [2.45, 2.75) is 18.3 Å². The Balaban J connectivity index is 1.71. The van der Waals surface area contributed by atoms with Gasteiger partial charge in [-0.3, -0.25) is 4.98 Å². The van der Waals surface area contributed by atoms with Crippen molar-refractivity contribution in [1.82, 2.24) is 20.1 Å². The van der Waals surface area contributed by atoms with Crippen LogP contribution in [-0.4, -0.2) is 20.1 Å². The Kier molecular flexibility index (Phi) is 2.50. The predicted molar refractivity (Wildman–Crippen MR) is 76.2 cm³/mol. The molecule has 2 aromatic heterocycles. The number of hydrogen-bond donors (Lipinski definition) is 1. The molecule has 0 amide bonds. The van der Waals surface area contributed by atoms with Crippen LogP contribution < -0.4 is 5.73 Å². The van der Waals surface area contributed by atoms with Gasteiger partial charge in [-0.05, 0) is 30.5 Å². The summed E-state index contributed by atoms with van der Waals surface area (Å²) in [7, 11) is 0. The van der Waals surface area contributed by atoms with E-state index in [1.807, 2.05) is 24.3 Å². The van der Waals surface area contributed by atoms with Gasteiger partial charge in [0.2, 0.25) is 11.7 Å². The molecule has 1 aliphatic rings. The molecule has 1 aliphatic carbocycles. The lowest BCUT2D eigenvalue weighted by molar-refractivity contribution is 0.360. The number of nitrogens with two attached hydrogens (primary N) is 1. The van der Waals surface area contributed by atoms with Crippen molar-refractivity contribution < 1.29 is 4.52 Å². The lowest BCUT2D eigenvalue weighted by Gasteiger charge is -2.10. The van der Waals surface area contributed by atoms with Crippen LogP contribution >= 0.6 is 0 Å². The molecular formula is C15H13N5O. The fourth-order valence-corrected chi connectivity index (χ4v) is 2.49. The second-order valence-electron chi connectivity index (χ2n) is 5.22. The molecule has 2 heterocycles. The first-order valence-corrected chi connectivity index (χ1v) is 6.74. The molecular weight excluding hydrogens is 266 g/mol. The molecule has 2 N–H and O–H groups in total. The molecule has 0 saturated heterocycles. The quantitative estimate of drug-likeness (QED) is 0.739. The van der Waals surface area contributed by atoms with E-state index in [1.165, 1.54) is 0 Å². The van der Waals surface area contributed by atoms with Gasteiger partial charge in [-0.15, -0.1) is 0 Å². The molecule has 0 spiro atoms. The lowest BCUT2D eigenvalue weighted by atomic mass is 9.96. The molecule has 1 aromatic carbocycles. The highest BCUT2D eigenvalue weighted by molar-refractivity contribution is 5.49. The minimum atomic E-state index is -0.166. The summed E-state index contributed by atoms with van der Waals surface area (Å²) in [6.45, 7) is 0. The van der Waals surface area contributed by atoms with Crippen LogP contribution in [0.2, 0.25) is 0 Å². The summed E-state index contributed by atoms with van der Waals surface area (Å²) in [6, 6.07) is 7.84. The molecule has 3 aromatic rings. The summed E-state index contributed by atoms with van der Waals surface area (Å²) in [5.74, 6) is 1.10. The molecule has 6 heteroatoms. The van der Waals surface area contributed by atoms with Crippen LogP contribution in [0.4, 0.5) is 5.69 Å². The fourth-order valence-electron chi connectivity index (χ4n) is 2.49. The first kappa shape index (κ1) is 12.0. The summed E-state index contributed by atoms with van der Waals surface area (Å²) >= 11 is 0. The van der Waals surface area contributed by atoms with Crippen LogP contribution in [0.25, 0.3) is 11.5 Å². The van der Waals surface area contributed by atoms with Crippen LogP contribution in [0.3, 0.4) is 0 Å². The summed E-state index contributed by atoms with van der Waals surface area (Å²) in [4.78, 5) is 12.7. The highest BCUT2D eigenvalue weighted by Crippen LogP contribution is 2.53. The van der Waals surface area contributed by atoms with Gasteiger partial charge in [0.05, 0.1) is 11.6 Å². The van der Waals surface area contributed by atoms with Gasteiger partial charge >= 0.3 is 0 Å². The van der Waals surface area contributed by atoms with Gasteiger partial charge in [0.1, 0.15) is 5.69 Å². The number of nitrogens with zero attached hydrogens (tertiary/aromatic N) is 4. The number of anilines is 1. The van der Waals surface area contributed by atoms with Gasteiger partial charge < -0.3 is 10.3 Å². The Labute approximate surface area is 121 Å². The summed E-state index contributed by atoms with van der Waals surface area (Å²) in [6.07, 6.45) is 6.84. The molecule has 0 radical (unpaired) electrons. The molecule has 1 saturated carbocycles. The number of aromatic nitrogens is 4. The van der Waals surface area contributed by atoms with Crippen molar-refractivity contribution in [2.75, 3.05) is 5.73 Å². The second kappa shape index (κ2) is 4.37. The van der Waals surface area contributed by atoms with Crippen molar-refractivity contribution in [3.8, 4) is 11.5 Å². The maximum absolute atomic E-state index is 5.74. The molecule has 0 atom stereocenters. The minimum absolute atomic E-state index is 0.166. The smallest absolute Gasteiger partial charge is 0.237 e. The monoisotopic (exact) mass is 279 g/mol. The van der Waals surface area contributed by atoms with Crippen molar-refractivity contribution in [3.63, 3.8) is 0 Å². The van der Waals surface area contributed by atoms with Crippen LogP contribution in [0.1, 0.15) is 24.3 Å². The summed E-state index contributed by atoms with van der Waals surface area (Å²) < 4.78 is 5.47. The number of benzene rings is 1. The molecule has 6 nitrogen and oxygen atoms in total. The molecule has 4 rings (SSSR count). The second-order valence-corrected chi connectivity index (χ2v) is 5.22. The summed E-state index contributed by atoms with van der Waals surface area (Å²) in [5, 5.41) is 4.02. The van der Waals surface area contributed by atoms with E-state index in [9.17, 15) is 0 Å². The molecule has 0 bridgehead atoms. The minimum Gasteiger partial charge on any atom is -0.399 e. The van der Waals surface area contributed by atoms with Gasteiger partial charge in [-0.25, -0.2) is 4.98 Å². The van der Waals surface area contributed by atoms with Crippen LogP contribution in [0.15, 0.2) is 47.4 Å². The van der Waals surface area contributed by atoms with E-state index in [4.69, 9.17) is 10.3 Å². The number of rotatable bonds is 3. The lowest BCUT2D eigenvalue weighted by Crippen LogP contribution is -2.09. The molecule has 0 unspecified atom stereocenters. The van der Waals surface area contributed by atoms with Crippen molar-refractivity contribution in [2.24, 2.45) is 0 Å². The average Bonchev–Trinajstić information content (AvgIpc) is 3.19. The third-order valence-corrected chi connectivity index (χ3v) is 3.84. The molecule has 104 valence electrons. The zero-order valence-electron chi connectivity index (χ0n) is 11.2. The van der Waals surface area contributed by atoms with E-state index < -0.39 is 0 Å². The van der Waals surface area contributed by atoms with Crippen LogP contribution in [0.5, 0.6) is 0 Å². The topological polar surface area (TPSA) is 90.7 Å². The largest absolute Gasteiger partial charge is 0.399 e. The molecule has 1 fully saturated rings. The Bertz CT molecular complexity index is 762. The number of nitrogen functional groups attached to an aromatic ring is 1. The van der Waals surface area contributed by atoms with E-state index >= 15 is 0 Å². The van der Waals surface area contributed by atoms with Crippen molar-refractivity contribution >= 4 is 5.69 Å². The first-order valence-electron chi connectivity index (χ1n) is 6.74. The van der Waals surface area contributed by atoms with Gasteiger partial charge in [0, 0.05) is 18.1 Å². The van der Waals surface area contributed by atoms with Crippen LogP contribution in [0, 0.1) is 0 Å². The van der Waals surface area contributed by atoms with Gasteiger partial charge in [0.25, 0.3) is 0 Å². The van der Waals surface area contributed by atoms with E-state index in [0.29, 0.717) is 17.4 Å². The van der Waals surface area contributed by atoms with Crippen LogP contribution in [-0.2, 0) is 5.41 Å². The average molecular weight is 279 g/mol. The normalized spacial score (nSPS) is 15.8. The highest BCUT2D eigenvalue weighted by atomic mass is 16.5. The van der Waals surface area contributed by atoms with E-state index in [0.717, 1.165) is 24.1 Å². The highest BCUT2D eigenvalue weighted by Gasteiger charge is 2.51. The first-order chi connectivity index (χ1) is 10.3. The van der Waals surface area contributed by atoms with E-state index in [-0.39, 0.29) is 5.41 Å². The van der Waals surface area contributed by atoms with Gasteiger partial charge in [-0.2, -0.15) is 4.98 Å². The Morgan fingerprint density at radius 3 is 2.57 bits per heavy atom. The molecule has 0 aliphatic heterocycles. The SMILES string of the molecule is Nc1ccc(C2(c3nc(-c4cnccn4)no3)CC2)cc1. The maximum Gasteiger partial charge on any atom is 0.237 e. The Hall–Kier alpha value is -2.76. The predicted octanol–water partition coefficient (Wildman–Crippen LogP) is 2.19. The third kappa shape index (κ3) is 1.96. The summed E-state index contributed by atoms with van der Waals surface area (Å²) in [5.41, 5.74) is 8.10. The van der Waals surface area contributed by atoms with E-state index in [1.54, 1.807) is 18.6 Å². The van der Waals surface area contributed by atoms with E-state index in [2.05, 4.69) is 20.1 Å². The number of hydrogen-bond acceptors (Lipinski definition) is 6. The van der Waals surface area contributed by atoms with Crippen molar-refractivity contribution in [1.29, 1.82) is 0 Å². The zero-order valence-corrected chi connectivity index (χ0v) is 11.2.